The third kappa shape index (κ3) is 3.83. The molecular weight excluding hydrogens is 242 g/mol. The second-order valence-electron chi connectivity index (χ2n) is 3.70. The smallest absolute Gasteiger partial charge is 0.336 e. The van der Waals surface area contributed by atoms with Crippen LogP contribution in [0, 0.1) is 0 Å². The van der Waals surface area contributed by atoms with Gasteiger partial charge in [0.05, 0.1) is 11.8 Å². The molecule has 0 aliphatic heterocycles. The van der Waals surface area contributed by atoms with Crippen molar-refractivity contribution in [1.82, 2.24) is 4.72 Å². The van der Waals surface area contributed by atoms with Crippen molar-refractivity contribution < 1.29 is 18.3 Å². The Labute approximate surface area is 101 Å². The summed E-state index contributed by atoms with van der Waals surface area (Å²) in [6, 6.07) is 4.93. The normalized spacial score (nSPS) is 11.4. The van der Waals surface area contributed by atoms with Gasteiger partial charge in [0.2, 0.25) is 10.0 Å². The lowest BCUT2D eigenvalue weighted by Gasteiger charge is -2.11. The number of carboxylic acids is 1. The summed E-state index contributed by atoms with van der Waals surface area (Å²) < 4.78 is 24.4. The Morgan fingerprint density at radius 3 is 2.53 bits per heavy atom. The zero-order chi connectivity index (χ0) is 13.1. The van der Waals surface area contributed by atoms with E-state index in [1.54, 1.807) is 12.1 Å². The molecule has 0 spiro atoms. The summed E-state index contributed by atoms with van der Waals surface area (Å²) in [6.07, 6.45) is 1.70. The van der Waals surface area contributed by atoms with E-state index in [4.69, 9.17) is 5.11 Å². The third-order valence-electron chi connectivity index (χ3n) is 2.40. The number of aryl methyl sites for hydroxylation is 1. The summed E-state index contributed by atoms with van der Waals surface area (Å²) in [7, 11) is -3.33. The molecule has 5 nitrogen and oxygen atoms in total. The van der Waals surface area contributed by atoms with E-state index in [2.05, 4.69) is 4.72 Å². The molecule has 0 atom stereocenters. The van der Waals surface area contributed by atoms with Crippen LogP contribution < -0.4 is 4.72 Å². The maximum Gasteiger partial charge on any atom is 0.336 e. The fraction of sp³-hybridized carbons (Fsp3) is 0.364. The molecule has 0 saturated heterocycles. The lowest BCUT2D eigenvalue weighted by atomic mass is 9.99. The summed E-state index contributed by atoms with van der Waals surface area (Å²) in [5.41, 5.74) is 1.49. The van der Waals surface area contributed by atoms with E-state index in [9.17, 15) is 13.2 Å². The Balaban J connectivity index is 3.14. The maximum absolute atomic E-state index is 11.0. The number of carboxylic acid groups (broad SMARTS) is 1. The number of carbonyl (C=O) groups is 1. The zero-order valence-corrected chi connectivity index (χ0v) is 10.5. The molecule has 2 N–H and O–H groups in total. The Bertz CT molecular complexity index is 522. The lowest BCUT2D eigenvalue weighted by molar-refractivity contribution is 0.0695. The van der Waals surface area contributed by atoms with E-state index in [1.165, 1.54) is 6.07 Å². The Morgan fingerprint density at radius 1 is 1.41 bits per heavy atom. The van der Waals surface area contributed by atoms with Gasteiger partial charge in [-0.25, -0.2) is 17.9 Å². The van der Waals surface area contributed by atoms with Gasteiger partial charge in [-0.05, 0) is 23.6 Å². The van der Waals surface area contributed by atoms with Crippen molar-refractivity contribution in [2.24, 2.45) is 0 Å². The van der Waals surface area contributed by atoms with Crippen LogP contribution in [0.15, 0.2) is 18.2 Å². The van der Waals surface area contributed by atoms with Crippen LogP contribution in [-0.4, -0.2) is 25.7 Å². The molecule has 0 fully saturated rings. The minimum absolute atomic E-state index is 0.00444. The number of sulfonamides is 1. The molecular formula is C11H15NO4S. The van der Waals surface area contributed by atoms with Crippen molar-refractivity contribution in [3.8, 4) is 0 Å². The molecule has 1 aromatic rings. The molecule has 6 heteroatoms. The van der Waals surface area contributed by atoms with Gasteiger partial charge in [0.1, 0.15) is 0 Å². The molecule has 0 aliphatic carbocycles. The van der Waals surface area contributed by atoms with Crippen LogP contribution in [0.5, 0.6) is 0 Å². The van der Waals surface area contributed by atoms with E-state index in [0.717, 1.165) is 11.8 Å². The van der Waals surface area contributed by atoms with Gasteiger partial charge in [-0.15, -0.1) is 0 Å². The molecule has 0 radical (unpaired) electrons. The van der Waals surface area contributed by atoms with Gasteiger partial charge in [0.15, 0.2) is 0 Å². The van der Waals surface area contributed by atoms with Crippen molar-refractivity contribution in [3.05, 3.63) is 34.9 Å². The molecule has 1 aromatic carbocycles. The minimum atomic E-state index is -3.33. The Kier molecular flexibility index (Phi) is 4.25. The average Bonchev–Trinajstić information content (AvgIpc) is 2.24. The second kappa shape index (κ2) is 5.29. The van der Waals surface area contributed by atoms with E-state index in [-0.39, 0.29) is 12.1 Å². The standard InChI is InChI=1S/C11H15NO4S/c1-3-8-5-4-6-9(11(13)14)10(8)7-12-17(2,15)16/h4-6,12H,3,7H2,1-2H3,(H,13,14). The molecule has 17 heavy (non-hydrogen) atoms. The zero-order valence-electron chi connectivity index (χ0n) is 9.73. The number of nitrogens with one attached hydrogen (secondary N) is 1. The van der Waals surface area contributed by atoms with Crippen LogP contribution in [0.3, 0.4) is 0 Å². The second-order valence-corrected chi connectivity index (χ2v) is 5.53. The molecule has 94 valence electrons. The van der Waals surface area contributed by atoms with Crippen molar-refractivity contribution in [1.29, 1.82) is 0 Å². The quantitative estimate of drug-likeness (QED) is 0.824. The van der Waals surface area contributed by atoms with Crippen molar-refractivity contribution in [3.63, 3.8) is 0 Å². The minimum Gasteiger partial charge on any atom is -0.478 e. The van der Waals surface area contributed by atoms with Gasteiger partial charge >= 0.3 is 5.97 Å². The Hall–Kier alpha value is -1.40. The third-order valence-corrected chi connectivity index (χ3v) is 3.06. The largest absolute Gasteiger partial charge is 0.478 e. The highest BCUT2D eigenvalue weighted by Crippen LogP contribution is 2.16. The first-order valence-electron chi connectivity index (χ1n) is 5.14. The number of benzene rings is 1. The first-order chi connectivity index (χ1) is 7.85. The van der Waals surface area contributed by atoms with Gasteiger partial charge in [-0.2, -0.15) is 0 Å². The van der Waals surface area contributed by atoms with Crippen LogP contribution >= 0.6 is 0 Å². The van der Waals surface area contributed by atoms with Gasteiger partial charge in [0, 0.05) is 6.54 Å². The fourth-order valence-corrected chi connectivity index (χ4v) is 1.98. The SMILES string of the molecule is CCc1cccc(C(=O)O)c1CNS(C)(=O)=O. The summed E-state index contributed by atoms with van der Waals surface area (Å²) in [5, 5.41) is 9.04. The highest BCUT2D eigenvalue weighted by Gasteiger charge is 2.14. The van der Waals surface area contributed by atoms with E-state index < -0.39 is 16.0 Å². The molecule has 0 aliphatic rings. The molecule has 0 saturated carbocycles. The van der Waals surface area contributed by atoms with Crippen LogP contribution in [0.25, 0.3) is 0 Å². The van der Waals surface area contributed by atoms with E-state index in [0.29, 0.717) is 12.0 Å². The van der Waals surface area contributed by atoms with Crippen molar-refractivity contribution in [2.75, 3.05) is 6.26 Å². The number of hydrogen-bond acceptors (Lipinski definition) is 3. The monoisotopic (exact) mass is 257 g/mol. The number of rotatable bonds is 5. The maximum atomic E-state index is 11.0. The molecule has 1 rings (SSSR count). The van der Waals surface area contributed by atoms with Crippen LogP contribution in [0.1, 0.15) is 28.4 Å². The van der Waals surface area contributed by atoms with Crippen LogP contribution in [0.4, 0.5) is 0 Å². The average molecular weight is 257 g/mol. The highest BCUT2D eigenvalue weighted by molar-refractivity contribution is 7.88. The predicted molar refractivity (Wildman–Crippen MR) is 64.5 cm³/mol. The first kappa shape index (κ1) is 13.7. The summed E-state index contributed by atoms with van der Waals surface area (Å²) in [6.45, 7) is 1.90. The van der Waals surface area contributed by atoms with Crippen molar-refractivity contribution >= 4 is 16.0 Å². The summed E-state index contributed by atoms with van der Waals surface area (Å²) >= 11 is 0. The van der Waals surface area contributed by atoms with Gasteiger partial charge in [-0.3, -0.25) is 0 Å². The number of hydrogen-bond donors (Lipinski definition) is 2. The summed E-state index contributed by atoms with van der Waals surface area (Å²) in [5.74, 6) is -1.05. The van der Waals surface area contributed by atoms with Crippen LogP contribution in [0.2, 0.25) is 0 Å². The lowest BCUT2D eigenvalue weighted by Crippen LogP contribution is -2.23. The molecule has 0 heterocycles. The first-order valence-corrected chi connectivity index (χ1v) is 7.03. The van der Waals surface area contributed by atoms with Gasteiger partial charge in [0.25, 0.3) is 0 Å². The van der Waals surface area contributed by atoms with E-state index in [1.807, 2.05) is 6.92 Å². The van der Waals surface area contributed by atoms with Gasteiger partial charge in [-0.1, -0.05) is 19.1 Å². The van der Waals surface area contributed by atoms with E-state index >= 15 is 0 Å². The number of aromatic carboxylic acids is 1. The highest BCUT2D eigenvalue weighted by atomic mass is 32.2. The van der Waals surface area contributed by atoms with Gasteiger partial charge < -0.3 is 5.11 Å². The predicted octanol–water partition coefficient (Wildman–Crippen LogP) is 0.996. The Morgan fingerprint density at radius 2 is 2.06 bits per heavy atom. The molecule has 0 unspecified atom stereocenters. The molecule has 0 bridgehead atoms. The molecule has 0 aromatic heterocycles. The topological polar surface area (TPSA) is 83.5 Å². The van der Waals surface area contributed by atoms with Crippen LogP contribution in [-0.2, 0) is 23.0 Å². The van der Waals surface area contributed by atoms with Crippen molar-refractivity contribution in [2.45, 2.75) is 19.9 Å². The summed E-state index contributed by atoms with van der Waals surface area (Å²) in [4.78, 5) is 11.0. The fourth-order valence-electron chi connectivity index (χ4n) is 1.58. The molecule has 0 amide bonds.